The highest BCUT2D eigenvalue weighted by Gasteiger charge is 2.34. The molecule has 0 saturated carbocycles. The van der Waals surface area contributed by atoms with Gasteiger partial charge in [0.25, 0.3) is 5.91 Å². The van der Waals surface area contributed by atoms with E-state index in [0.29, 0.717) is 5.56 Å². The number of amides is 1. The molecule has 3 aromatic heterocycles. The van der Waals surface area contributed by atoms with Gasteiger partial charge in [0.2, 0.25) is 0 Å². The summed E-state index contributed by atoms with van der Waals surface area (Å²) in [4.78, 5) is 12.7. The summed E-state index contributed by atoms with van der Waals surface area (Å²) >= 11 is 1.41. The standard InChI is InChI=1S/C15H13NO4S/c17-14(12-3-1-6-20-12)16-10-15(18,11-5-7-19-9-11)13-4-2-8-21-13/h1-9,18H,10H2,(H,16,17)/t15-/m1/s1. The fourth-order valence-corrected chi connectivity index (χ4v) is 2.89. The largest absolute Gasteiger partial charge is 0.472 e. The summed E-state index contributed by atoms with van der Waals surface area (Å²) in [6.45, 7) is 0.0204. The summed E-state index contributed by atoms with van der Waals surface area (Å²) in [5, 5.41) is 15.5. The monoisotopic (exact) mass is 303 g/mol. The zero-order valence-corrected chi connectivity index (χ0v) is 11.8. The van der Waals surface area contributed by atoms with Crippen molar-refractivity contribution in [1.82, 2.24) is 5.32 Å². The van der Waals surface area contributed by atoms with Gasteiger partial charge in [-0.2, -0.15) is 0 Å². The third kappa shape index (κ3) is 2.63. The first-order valence-electron chi connectivity index (χ1n) is 6.31. The number of rotatable bonds is 5. The molecule has 21 heavy (non-hydrogen) atoms. The van der Waals surface area contributed by atoms with E-state index in [-0.39, 0.29) is 18.2 Å². The summed E-state index contributed by atoms with van der Waals surface area (Å²) in [6, 6.07) is 8.54. The highest BCUT2D eigenvalue weighted by molar-refractivity contribution is 7.10. The van der Waals surface area contributed by atoms with Gasteiger partial charge in [0.1, 0.15) is 5.60 Å². The van der Waals surface area contributed by atoms with Crippen LogP contribution in [-0.4, -0.2) is 17.6 Å². The molecule has 1 atom stereocenters. The molecule has 0 aliphatic carbocycles. The molecule has 0 aliphatic heterocycles. The van der Waals surface area contributed by atoms with Gasteiger partial charge in [-0.1, -0.05) is 6.07 Å². The summed E-state index contributed by atoms with van der Waals surface area (Å²) in [7, 11) is 0. The molecule has 0 aromatic carbocycles. The van der Waals surface area contributed by atoms with E-state index in [1.807, 2.05) is 17.5 Å². The zero-order valence-electron chi connectivity index (χ0n) is 11.0. The van der Waals surface area contributed by atoms with Crippen molar-refractivity contribution in [2.75, 3.05) is 6.54 Å². The number of thiophene rings is 1. The second-order valence-corrected chi connectivity index (χ2v) is 5.46. The van der Waals surface area contributed by atoms with Crippen LogP contribution in [0.3, 0.4) is 0 Å². The molecule has 108 valence electrons. The predicted octanol–water partition coefficient (Wildman–Crippen LogP) is 2.60. The molecule has 1 amide bonds. The van der Waals surface area contributed by atoms with Gasteiger partial charge < -0.3 is 19.3 Å². The fraction of sp³-hybridized carbons (Fsp3) is 0.133. The number of furan rings is 2. The Kier molecular flexibility index (Phi) is 3.64. The van der Waals surface area contributed by atoms with E-state index in [1.54, 1.807) is 18.2 Å². The lowest BCUT2D eigenvalue weighted by Crippen LogP contribution is -2.40. The summed E-state index contributed by atoms with van der Waals surface area (Å²) < 4.78 is 10.1. The lowest BCUT2D eigenvalue weighted by molar-refractivity contribution is 0.0699. The van der Waals surface area contributed by atoms with Crippen LogP contribution in [-0.2, 0) is 5.60 Å². The van der Waals surface area contributed by atoms with E-state index in [1.165, 1.54) is 30.1 Å². The Morgan fingerprint density at radius 3 is 2.81 bits per heavy atom. The molecular weight excluding hydrogens is 290 g/mol. The van der Waals surface area contributed by atoms with Crippen molar-refractivity contribution in [3.63, 3.8) is 0 Å². The van der Waals surface area contributed by atoms with Gasteiger partial charge in [0.05, 0.1) is 25.3 Å². The molecular formula is C15H13NO4S. The maximum atomic E-state index is 12.0. The molecule has 0 bridgehead atoms. The Morgan fingerprint density at radius 2 is 2.19 bits per heavy atom. The third-order valence-corrected chi connectivity index (χ3v) is 4.20. The van der Waals surface area contributed by atoms with E-state index in [0.717, 1.165) is 4.88 Å². The first-order chi connectivity index (χ1) is 10.2. The maximum Gasteiger partial charge on any atom is 0.287 e. The number of carbonyl (C=O) groups excluding carboxylic acids is 1. The minimum Gasteiger partial charge on any atom is -0.472 e. The van der Waals surface area contributed by atoms with Crippen molar-refractivity contribution >= 4 is 17.2 Å². The van der Waals surface area contributed by atoms with E-state index < -0.39 is 5.60 Å². The maximum absolute atomic E-state index is 12.0. The normalized spacial score (nSPS) is 13.8. The average Bonchev–Trinajstić information content (AvgIpc) is 3.27. The van der Waals surface area contributed by atoms with Crippen LogP contribution in [0.15, 0.2) is 63.3 Å². The molecule has 0 saturated heterocycles. The van der Waals surface area contributed by atoms with Crippen molar-refractivity contribution in [1.29, 1.82) is 0 Å². The average molecular weight is 303 g/mol. The lowest BCUT2D eigenvalue weighted by Gasteiger charge is -2.26. The number of hydrogen-bond acceptors (Lipinski definition) is 5. The topological polar surface area (TPSA) is 75.6 Å². The molecule has 0 fully saturated rings. The quantitative estimate of drug-likeness (QED) is 0.759. The van der Waals surface area contributed by atoms with Crippen molar-refractivity contribution in [2.24, 2.45) is 0 Å². The van der Waals surface area contributed by atoms with Crippen LogP contribution in [0.1, 0.15) is 21.0 Å². The van der Waals surface area contributed by atoms with Crippen LogP contribution in [0.25, 0.3) is 0 Å². The molecule has 6 heteroatoms. The molecule has 0 unspecified atom stereocenters. The van der Waals surface area contributed by atoms with Crippen LogP contribution in [0.2, 0.25) is 0 Å². The Balaban J connectivity index is 1.83. The number of nitrogens with one attached hydrogen (secondary N) is 1. The van der Waals surface area contributed by atoms with Crippen LogP contribution in [0, 0.1) is 0 Å². The van der Waals surface area contributed by atoms with Gasteiger partial charge in [-0.15, -0.1) is 11.3 Å². The van der Waals surface area contributed by atoms with Crippen LogP contribution >= 0.6 is 11.3 Å². The molecule has 3 heterocycles. The lowest BCUT2D eigenvalue weighted by atomic mass is 9.94. The third-order valence-electron chi connectivity index (χ3n) is 3.18. The van der Waals surface area contributed by atoms with Crippen LogP contribution in [0.4, 0.5) is 0 Å². The molecule has 0 spiro atoms. The summed E-state index contributed by atoms with van der Waals surface area (Å²) in [6.07, 6.45) is 4.39. The smallest absolute Gasteiger partial charge is 0.287 e. The van der Waals surface area contributed by atoms with Crippen LogP contribution in [0.5, 0.6) is 0 Å². The second-order valence-electron chi connectivity index (χ2n) is 4.51. The van der Waals surface area contributed by atoms with Gasteiger partial charge >= 0.3 is 0 Å². The van der Waals surface area contributed by atoms with E-state index in [2.05, 4.69) is 5.32 Å². The number of carbonyl (C=O) groups is 1. The molecule has 5 nitrogen and oxygen atoms in total. The van der Waals surface area contributed by atoms with Gasteiger partial charge in [-0.05, 0) is 29.6 Å². The Labute approximate surface area is 124 Å². The summed E-state index contributed by atoms with van der Waals surface area (Å²) in [5.74, 6) is -0.172. The molecule has 3 rings (SSSR count). The molecule has 0 radical (unpaired) electrons. The Bertz CT molecular complexity index is 652. The minimum atomic E-state index is -1.33. The SMILES string of the molecule is O=C(NC[C@@](O)(c1ccoc1)c1cccs1)c1ccco1. The molecule has 2 N–H and O–H groups in total. The van der Waals surface area contributed by atoms with Gasteiger partial charge in [-0.25, -0.2) is 0 Å². The van der Waals surface area contributed by atoms with Crippen molar-refractivity contribution in [3.8, 4) is 0 Å². The van der Waals surface area contributed by atoms with E-state index in [4.69, 9.17) is 8.83 Å². The minimum absolute atomic E-state index is 0.0204. The van der Waals surface area contributed by atoms with Gasteiger partial charge in [0, 0.05) is 10.4 Å². The van der Waals surface area contributed by atoms with Crippen molar-refractivity contribution in [3.05, 3.63) is 70.7 Å². The Morgan fingerprint density at radius 1 is 1.29 bits per heavy atom. The van der Waals surface area contributed by atoms with Crippen molar-refractivity contribution in [2.45, 2.75) is 5.60 Å². The highest BCUT2D eigenvalue weighted by Crippen LogP contribution is 2.32. The predicted molar refractivity (Wildman–Crippen MR) is 77.1 cm³/mol. The van der Waals surface area contributed by atoms with E-state index in [9.17, 15) is 9.90 Å². The number of aliphatic hydroxyl groups is 1. The second kappa shape index (κ2) is 5.59. The van der Waals surface area contributed by atoms with Gasteiger partial charge in [0.15, 0.2) is 5.76 Å². The van der Waals surface area contributed by atoms with Gasteiger partial charge in [-0.3, -0.25) is 4.79 Å². The van der Waals surface area contributed by atoms with Crippen molar-refractivity contribution < 1.29 is 18.7 Å². The molecule has 0 aliphatic rings. The fourth-order valence-electron chi connectivity index (χ4n) is 2.05. The molecule has 3 aromatic rings. The number of hydrogen-bond donors (Lipinski definition) is 2. The van der Waals surface area contributed by atoms with Crippen LogP contribution < -0.4 is 5.32 Å². The summed E-state index contributed by atoms with van der Waals surface area (Å²) in [5.41, 5.74) is -0.742. The Hall–Kier alpha value is -2.31. The first kappa shape index (κ1) is 13.7. The van der Waals surface area contributed by atoms with E-state index >= 15 is 0 Å². The first-order valence-corrected chi connectivity index (χ1v) is 7.19. The zero-order chi connectivity index (χ0) is 14.7. The highest BCUT2D eigenvalue weighted by atomic mass is 32.1.